The van der Waals surface area contributed by atoms with Crippen LogP contribution in [0.3, 0.4) is 0 Å². The maximum atomic E-state index is 12.7. The summed E-state index contributed by atoms with van der Waals surface area (Å²) < 4.78 is 1.79. The van der Waals surface area contributed by atoms with E-state index in [4.69, 9.17) is 0 Å². The summed E-state index contributed by atoms with van der Waals surface area (Å²) in [5.74, 6) is -0.0891. The lowest BCUT2D eigenvalue weighted by Crippen LogP contribution is -2.30. The molecule has 3 heterocycles. The van der Waals surface area contributed by atoms with Crippen molar-refractivity contribution in [2.24, 2.45) is 0 Å². The zero-order valence-electron chi connectivity index (χ0n) is 14.1. The van der Waals surface area contributed by atoms with Gasteiger partial charge in [0.05, 0.1) is 10.7 Å². The van der Waals surface area contributed by atoms with Crippen LogP contribution >= 0.6 is 11.3 Å². The monoisotopic (exact) mass is 358 g/mol. The molecule has 0 aliphatic rings. The van der Waals surface area contributed by atoms with Gasteiger partial charge in [-0.2, -0.15) is 5.10 Å². The molecule has 0 saturated heterocycles. The molecule has 3 rings (SSSR count). The Morgan fingerprint density at radius 2 is 2.04 bits per heavy atom. The summed E-state index contributed by atoms with van der Waals surface area (Å²) in [6.45, 7) is 3.82. The van der Waals surface area contributed by atoms with Crippen LogP contribution in [-0.4, -0.2) is 32.7 Å². The average Bonchev–Trinajstić information content (AvgIpc) is 3.02. The molecule has 3 aromatic heterocycles. The average molecular weight is 358 g/mol. The molecule has 0 radical (unpaired) electrons. The lowest BCUT2D eigenvalue weighted by atomic mass is 10.1. The Kier molecular flexibility index (Phi) is 4.75. The Balaban J connectivity index is 1.97. The van der Waals surface area contributed by atoms with E-state index in [1.807, 2.05) is 19.9 Å². The fourth-order valence-corrected chi connectivity index (χ4v) is 3.37. The van der Waals surface area contributed by atoms with Gasteiger partial charge < -0.3 is 5.32 Å². The third-order valence-electron chi connectivity index (χ3n) is 3.57. The van der Waals surface area contributed by atoms with Crippen molar-refractivity contribution < 1.29 is 4.79 Å². The van der Waals surface area contributed by atoms with Crippen molar-refractivity contribution in [2.75, 3.05) is 17.7 Å². The van der Waals surface area contributed by atoms with E-state index in [2.05, 4.69) is 25.7 Å². The molecule has 0 unspecified atom stereocenters. The standard InChI is InChI=1S/C16H18N6O2S/c1-9(2)13-10-7-12(17-3)25-14(10)15(24)22(21-13)8-11(23)20-16-18-5-4-6-19-16/h4-7,9,17H,8H2,1-3H3,(H,18,19,20,23). The minimum absolute atomic E-state index is 0.120. The number of rotatable bonds is 5. The molecule has 1 amide bonds. The highest BCUT2D eigenvalue weighted by Gasteiger charge is 2.18. The van der Waals surface area contributed by atoms with Gasteiger partial charge in [0.15, 0.2) is 0 Å². The second kappa shape index (κ2) is 6.98. The fourth-order valence-electron chi connectivity index (χ4n) is 2.41. The van der Waals surface area contributed by atoms with Gasteiger partial charge in [0, 0.05) is 24.8 Å². The van der Waals surface area contributed by atoms with E-state index in [0.29, 0.717) is 4.70 Å². The quantitative estimate of drug-likeness (QED) is 0.724. The Labute approximate surface area is 147 Å². The molecule has 0 fully saturated rings. The van der Waals surface area contributed by atoms with Gasteiger partial charge in [-0.25, -0.2) is 14.6 Å². The van der Waals surface area contributed by atoms with Crippen LogP contribution in [0.1, 0.15) is 25.5 Å². The number of carbonyl (C=O) groups is 1. The topological polar surface area (TPSA) is 102 Å². The van der Waals surface area contributed by atoms with Crippen molar-refractivity contribution in [3.8, 4) is 0 Å². The first-order valence-electron chi connectivity index (χ1n) is 7.78. The maximum Gasteiger partial charge on any atom is 0.285 e. The molecule has 3 aromatic rings. The van der Waals surface area contributed by atoms with Crippen LogP contribution in [0.5, 0.6) is 0 Å². The van der Waals surface area contributed by atoms with Crippen LogP contribution in [0.2, 0.25) is 0 Å². The largest absolute Gasteiger partial charge is 0.380 e. The number of aromatic nitrogens is 4. The molecule has 8 nitrogen and oxygen atoms in total. The van der Waals surface area contributed by atoms with E-state index in [0.717, 1.165) is 16.1 Å². The number of thiophene rings is 1. The third-order valence-corrected chi connectivity index (χ3v) is 4.71. The van der Waals surface area contributed by atoms with E-state index < -0.39 is 5.91 Å². The number of nitrogens with one attached hydrogen (secondary N) is 2. The van der Waals surface area contributed by atoms with Gasteiger partial charge in [0.25, 0.3) is 5.56 Å². The normalized spacial score (nSPS) is 11.0. The van der Waals surface area contributed by atoms with Gasteiger partial charge in [0.1, 0.15) is 11.2 Å². The van der Waals surface area contributed by atoms with Gasteiger partial charge >= 0.3 is 0 Å². The molecule has 0 aliphatic heterocycles. The Hall–Kier alpha value is -2.81. The first-order valence-corrected chi connectivity index (χ1v) is 8.60. The summed E-state index contributed by atoms with van der Waals surface area (Å²) in [6.07, 6.45) is 3.06. The molecule has 0 aliphatic carbocycles. The Morgan fingerprint density at radius 1 is 1.32 bits per heavy atom. The molecule has 9 heteroatoms. The highest BCUT2D eigenvalue weighted by Crippen LogP contribution is 2.31. The number of nitrogens with zero attached hydrogens (tertiary/aromatic N) is 4. The predicted molar refractivity (Wildman–Crippen MR) is 98.2 cm³/mol. The number of hydrogen-bond donors (Lipinski definition) is 2. The van der Waals surface area contributed by atoms with Crippen molar-refractivity contribution in [1.29, 1.82) is 0 Å². The van der Waals surface area contributed by atoms with E-state index in [9.17, 15) is 9.59 Å². The maximum absolute atomic E-state index is 12.7. The lowest BCUT2D eigenvalue weighted by Gasteiger charge is -2.10. The van der Waals surface area contributed by atoms with Crippen LogP contribution in [0, 0.1) is 0 Å². The van der Waals surface area contributed by atoms with Crippen LogP contribution < -0.4 is 16.2 Å². The highest BCUT2D eigenvalue weighted by molar-refractivity contribution is 7.22. The summed E-state index contributed by atoms with van der Waals surface area (Å²) in [4.78, 5) is 32.8. The highest BCUT2D eigenvalue weighted by atomic mass is 32.1. The molecule has 2 N–H and O–H groups in total. The van der Waals surface area contributed by atoms with Crippen LogP contribution in [0.4, 0.5) is 10.9 Å². The molecule has 0 atom stereocenters. The van der Waals surface area contributed by atoms with Crippen molar-refractivity contribution in [1.82, 2.24) is 19.7 Å². The van der Waals surface area contributed by atoms with Crippen LogP contribution in [0.25, 0.3) is 10.1 Å². The van der Waals surface area contributed by atoms with Crippen LogP contribution in [-0.2, 0) is 11.3 Å². The second-order valence-electron chi connectivity index (χ2n) is 5.73. The van der Waals surface area contributed by atoms with Crippen molar-refractivity contribution >= 4 is 38.3 Å². The zero-order valence-corrected chi connectivity index (χ0v) is 14.9. The zero-order chi connectivity index (χ0) is 18.0. The SMILES string of the molecule is CNc1cc2c(C(C)C)nn(CC(=O)Nc3ncccn3)c(=O)c2s1. The van der Waals surface area contributed by atoms with E-state index in [1.165, 1.54) is 28.4 Å². The molecule has 0 spiro atoms. The number of fused-ring (bicyclic) bond motifs is 1. The molecular weight excluding hydrogens is 340 g/mol. The second-order valence-corrected chi connectivity index (χ2v) is 6.78. The minimum atomic E-state index is -0.403. The van der Waals surface area contributed by atoms with Gasteiger partial charge in [-0.15, -0.1) is 11.3 Å². The minimum Gasteiger partial charge on any atom is -0.380 e. The number of hydrogen-bond acceptors (Lipinski definition) is 7. The van der Waals surface area contributed by atoms with Gasteiger partial charge in [-0.05, 0) is 18.1 Å². The van der Waals surface area contributed by atoms with Gasteiger partial charge in [-0.3, -0.25) is 14.9 Å². The Morgan fingerprint density at radius 3 is 2.68 bits per heavy atom. The summed E-state index contributed by atoms with van der Waals surface area (Å²) >= 11 is 1.36. The van der Waals surface area contributed by atoms with Crippen LogP contribution in [0.15, 0.2) is 29.3 Å². The van der Waals surface area contributed by atoms with Crippen molar-refractivity contribution in [2.45, 2.75) is 26.3 Å². The van der Waals surface area contributed by atoms with Crippen molar-refractivity contribution in [3.63, 3.8) is 0 Å². The molecule has 25 heavy (non-hydrogen) atoms. The molecule has 0 bridgehead atoms. The van der Waals surface area contributed by atoms with Gasteiger partial charge in [0.2, 0.25) is 11.9 Å². The Bertz CT molecular complexity index is 964. The smallest absolute Gasteiger partial charge is 0.285 e. The van der Waals surface area contributed by atoms with Gasteiger partial charge in [-0.1, -0.05) is 13.8 Å². The first-order chi connectivity index (χ1) is 12.0. The predicted octanol–water partition coefficient (Wildman–Crippen LogP) is 2.05. The number of carbonyl (C=O) groups excluding carboxylic acids is 1. The first kappa shape index (κ1) is 17.0. The summed E-state index contributed by atoms with van der Waals surface area (Å²) in [5, 5.41) is 11.7. The number of anilines is 2. The number of amides is 1. The van der Waals surface area contributed by atoms with E-state index in [-0.39, 0.29) is 24.0 Å². The molecule has 0 saturated carbocycles. The fraction of sp³-hybridized carbons (Fsp3) is 0.312. The van der Waals surface area contributed by atoms with E-state index >= 15 is 0 Å². The lowest BCUT2D eigenvalue weighted by molar-refractivity contribution is -0.117. The molecule has 130 valence electrons. The third kappa shape index (κ3) is 3.50. The summed E-state index contributed by atoms with van der Waals surface area (Å²) in [6, 6.07) is 3.58. The molecule has 0 aromatic carbocycles. The summed E-state index contributed by atoms with van der Waals surface area (Å²) in [5.41, 5.74) is 0.506. The molecular formula is C16H18N6O2S. The summed E-state index contributed by atoms with van der Waals surface area (Å²) in [7, 11) is 1.80. The van der Waals surface area contributed by atoms with E-state index in [1.54, 1.807) is 13.1 Å². The van der Waals surface area contributed by atoms with Crippen molar-refractivity contribution in [3.05, 3.63) is 40.6 Å².